The molecule has 1 heteroatoms. The highest BCUT2D eigenvalue weighted by Gasteiger charge is 2.41. The van der Waals surface area contributed by atoms with E-state index in [1.807, 2.05) is 0 Å². The smallest absolute Gasteiger partial charge is 0.000770 e. The van der Waals surface area contributed by atoms with Crippen molar-refractivity contribution in [2.75, 3.05) is 13.1 Å². The minimum atomic E-state index is 0.488. The van der Waals surface area contributed by atoms with Crippen molar-refractivity contribution in [3.05, 3.63) is 0 Å². The predicted molar refractivity (Wildman–Crippen MR) is 68.1 cm³/mol. The van der Waals surface area contributed by atoms with Gasteiger partial charge >= 0.3 is 0 Å². The molecule has 0 radical (unpaired) electrons. The van der Waals surface area contributed by atoms with E-state index in [1.165, 1.54) is 32.2 Å². The van der Waals surface area contributed by atoms with Crippen LogP contribution in [0.15, 0.2) is 0 Å². The standard InChI is InChI=1S/C14H29N/c1-6-15-11-14(5,12-7-8-12)10-9-13(2,3)4/h12,15H,6-11H2,1-5H3. The molecule has 0 saturated heterocycles. The lowest BCUT2D eigenvalue weighted by atomic mass is 9.75. The molecule has 0 bridgehead atoms. The molecule has 0 spiro atoms. The summed E-state index contributed by atoms with van der Waals surface area (Å²) in [6.07, 6.45) is 5.66. The first-order valence-corrected chi connectivity index (χ1v) is 6.58. The lowest BCUT2D eigenvalue weighted by Gasteiger charge is -2.33. The van der Waals surface area contributed by atoms with Crippen LogP contribution in [0.25, 0.3) is 0 Å². The molecule has 0 heterocycles. The average molecular weight is 211 g/mol. The highest BCUT2D eigenvalue weighted by atomic mass is 14.9. The first-order valence-electron chi connectivity index (χ1n) is 6.58. The molecule has 15 heavy (non-hydrogen) atoms. The van der Waals surface area contributed by atoms with Crippen LogP contribution in [0.5, 0.6) is 0 Å². The topological polar surface area (TPSA) is 12.0 Å². The number of hydrogen-bond donors (Lipinski definition) is 1. The zero-order chi connectivity index (χ0) is 11.5. The summed E-state index contributed by atoms with van der Waals surface area (Å²) in [6.45, 7) is 14.1. The van der Waals surface area contributed by atoms with Crippen molar-refractivity contribution in [1.82, 2.24) is 5.32 Å². The Morgan fingerprint density at radius 3 is 2.07 bits per heavy atom. The van der Waals surface area contributed by atoms with Crippen molar-refractivity contribution in [1.29, 1.82) is 0 Å². The van der Waals surface area contributed by atoms with Gasteiger partial charge < -0.3 is 5.32 Å². The molecular weight excluding hydrogens is 182 g/mol. The Bertz CT molecular complexity index is 188. The average Bonchev–Trinajstić information content (AvgIpc) is 2.93. The summed E-state index contributed by atoms with van der Waals surface area (Å²) in [5.41, 5.74) is 1.05. The van der Waals surface area contributed by atoms with Gasteiger partial charge in [0.1, 0.15) is 0 Å². The van der Waals surface area contributed by atoms with Gasteiger partial charge in [0.25, 0.3) is 0 Å². The van der Waals surface area contributed by atoms with Crippen molar-refractivity contribution in [3.8, 4) is 0 Å². The fourth-order valence-corrected chi connectivity index (χ4v) is 2.29. The molecule has 90 valence electrons. The first-order chi connectivity index (χ1) is 6.87. The van der Waals surface area contributed by atoms with Gasteiger partial charge in [-0.1, -0.05) is 34.6 Å². The molecule has 1 unspecified atom stereocenters. The number of nitrogens with one attached hydrogen (secondary N) is 1. The molecule has 1 nitrogen and oxygen atoms in total. The maximum atomic E-state index is 3.55. The van der Waals surface area contributed by atoms with E-state index in [4.69, 9.17) is 0 Å². The quantitative estimate of drug-likeness (QED) is 0.704. The summed E-state index contributed by atoms with van der Waals surface area (Å²) in [5.74, 6) is 0.999. The molecule has 0 amide bonds. The Morgan fingerprint density at radius 1 is 1.07 bits per heavy atom. The van der Waals surface area contributed by atoms with E-state index in [0.29, 0.717) is 10.8 Å². The number of hydrogen-bond acceptors (Lipinski definition) is 1. The van der Waals surface area contributed by atoms with Crippen LogP contribution in [0, 0.1) is 16.7 Å². The number of rotatable bonds is 6. The van der Waals surface area contributed by atoms with Crippen molar-refractivity contribution >= 4 is 0 Å². The predicted octanol–water partition coefficient (Wildman–Crippen LogP) is 3.84. The van der Waals surface area contributed by atoms with Gasteiger partial charge in [0.2, 0.25) is 0 Å². The van der Waals surface area contributed by atoms with Gasteiger partial charge in [0, 0.05) is 6.54 Å². The van der Waals surface area contributed by atoms with Gasteiger partial charge in [-0.25, -0.2) is 0 Å². The van der Waals surface area contributed by atoms with Gasteiger partial charge in [-0.15, -0.1) is 0 Å². The summed E-state index contributed by atoms with van der Waals surface area (Å²) >= 11 is 0. The highest BCUT2D eigenvalue weighted by molar-refractivity contribution is 4.93. The lowest BCUT2D eigenvalue weighted by Crippen LogP contribution is -2.34. The second-order valence-corrected chi connectivity index (χ2v) is 6.77. The maximum absolute atomic E-state index is 3.55. The molecule has 0 aromatic rings. The van der Waals surface area contributed by atoms with E-state index in [2.05, 4.69) is 39.9 Å². The summed E-state index contributed by atoms with van der Waals surface area (Å²) in [4.78, 5) is 0. The maximum Gasteiger partial charge on any atom is 0.000770 e. The van der Waals surface area contributed by atoms with E-state index in [0.717, 1.165) is 12.5 Å². The molecule has 0 aliphatic heterocycles. The van der Waals surface area contributed by atoms with Gasteiger partial charge in [0.05, 0.1) is 0 Å². The SMILES string of the molecule is CCNCC(C)(CCC(C)(C)C)C1CC1. The van der Waals surface area contributed by atoms with Gasteiger partial charge in [0.15, 0.2) is 0 Å². The lowest BCUT2D eigenvalue weighted by molar-refractivity contribution is 0.196. The van der Waals surface area contributed by atoms with Crippen LogP contribution in [0.4, 0.5) is 0 Å². The second kappa shape index (κ2) is 4.86. The van der Waals surface area contributed by atoms with Gasteiger partial charge in [-0.2, -0.15) is 0 Å². The molecule has 1 N–H and O–H groups in total. The fraction of sp³-hybridized carbons (Fsp3) is 1.00. The summed E-state index contributed by atoms with van der Waals surface area (Å²) in [7, 11) is 0. The van der Waals surface area contributed by atoms with Crippen molar-refractivity contribution < 1.29 is 0 Å². The third-order valence-corrected chi connectivity index (χ3v) is 3.79. The third-order valence-electron chi connectivity index (χ3n) is 3.79. The Morgan fingerprint density at radius 2 is 1.67 bits per heavy atom. The van der Waals surface area contributed by atoms with E-state index in [1.54, 1.807) is 0 Å². The van der Waals surface area contributed by atoms with Crippen LogP contribution < -0.4 is 5.32 Å². The van der Waals surface area contributed by atoms with E-state index in [-0.39, 0.29) is 0 Å². The van der Waals surface area contributed by atoms with Crippen molar-refractivity contribution in [2.24, 2.45) is 16.7 Å². The molecular formula is C14H29N. The van der Waals surface area contributed by atoms with Crippen LogP contribution in [0.3, 0.4) is 0 Å². The van der Waals surface area contributed by atoms with Crippen LogP contribution in [-0.2, 0) is 0 Å². The molecule has 1 fully saturated rings. The Kier molecular flexibility index (Phi) is 4.22. The zero-order valence-corrected chi connectivity index (χ0v) is 11.3. The zero-order valence-electron chi connectivity index (χ0n) is 11.3. The molecule has 1 aliphatic rings. The van der Waals surface area contributed by atoms with Crippen molar-refractivity contribution in [3.63, 3.8) is 0 Å². The Hall–Kier alpha value is -0.0400. The summed E-state index contributed by atoms with van der Waals surface area (Å²) < 4.78 is 0. The monoisotopic (exact) mass is 211 g/mol. The fourth-order valence-electron chi connectivity index (χ4n) is 2.29. The summed E-state index contributed by atoms with van der Waals surface area (Å²) in [5, 5.41) is 3.55. The second-order valence-electron chi connectivity index (χ2n) is 6.77. The van der Waals surface area contributed by atoms with Crippen LogP contribution in [-0.4, -0.2) is 13.1 Å². The van der Waals surface area contributed by atoms with E-state index >= 15 is 0 Å². The molecule has 1 rings (SSSR count). The van der Waals surface area contributed by atoms with E-state index in [9.17, 15) is 0 Å². The van der Waals surface area contributed by atoms with Gasteiger partial charge in [-0.3, -0.25) is 0 Å². The van der Waals surface area contributed by atoms with Gasteiger partial charge in [-0.05, 0) is 49.0 Å². The molecule has 0 aromatic carbocycles. The minimum absolute atomic E-state index is 0.488. The molecule has 1 atom stereocenters. The van der Waals surface area contributed by atoms with Crippen LogP contribution >= 0.6 is 0 Å². The molecule has 1 saturated carbocycles. The highest BCUT2D eigenvalue weighted by Crippen LogP contribution is 2.49. The minimum Gasteiger partial charge on any atom is -0.316 e. The van der Waals surface area contributed by atoms with Crippen molar-refractivity contribution in [2.45, 2.75) is 60.3 Å². The normalized spacial score (nSPS) is 21.4. The Balaban J connectivity index is 2.42. The molecule has 1 aliphatic carbocycles. The third kappa shape index (κ3) is 4.55. The van der Waals surface area contributed by atoms with E-state index < -0.39 is 0 Å². The first kappa shape index (κ1) is 13.0. The Labute approximate surface area is 96.0 Å². The summed E-state index contributed by atoms with van der Waals surface area (Å²) in [6, 6.07) is 0. The van der Waals surface area contributed by atoms with Crippen LogP contribution in [0.2, 0.25) is 0 Å². The molecule has 0 aromatic heterocycles. The largest absolute Gasteiger partial charge is 0.316 e. The van der Waals surface area contributed by atoms with Crippen LogP contribution in [0.1, 0.15) is 60.3 Å².